The minimum atomic E-state index is -3.20. The Kier molecular flexibility index (Phi) is 12.0. The summed E-state index contributed by atoms with van der Waals surface area (Å²) in [7, 11) is -3.20. The van der Waals surface area contributed by atoms with E-state index in [4.69, 9.17) is 9.47 Å². The third-order valence-electron chi connectivity index (χ3n) is 5.40. The van der Waals surface area contributed by atoms with Crippen LogP contribution in [0.3, 0.4) is 0 Å². The van der Waals surface area contributed by atoms with Gasteiger partial charge in [0.15, 0.2) is 0 Å². The number of ether oxygens (including phenoxy) is 2. The van der Waals surface area contributed by atoms with Crippen LogP contribution in [0.2, 0.25) is 0 Å². The molecule has 1 aliphatic rings. The molecule has 0 aromatic rings. The van der Waals surface area contributed by atoms with E-state index in [9.17, 15) is 18.0 Å². The molecule has 1 N–H and O–H groups in total. The molecule has 0 saturated heterocycles. The van der Waals surface area contributed by atoms with E-state index in [1.807, 2.05) is 27.7 Å². The van der Waals surface area contributed by atoms with Gasteiger partial charge in [-0.25, -0.2) is 13.1 Å². The van der Waals surface area contributed by atoms with Crippen LogP contribution >= 0.6 is 0 Å². The molecule has 1 fully saturated rings. The minimum Gasteiger partial charge on any atom is -0.464 e. The van der Waals surface area contributed by atoms with E-state index in [0.717, 1.165) is 25.5 Å². The Balaban J connectivity index is 0.000000541. The molecule has 172 valence electrons. The molecule has 0 aliphatic heterocycles. The third kappa shape index (κ3) is 12.2. The van der Waals surface area contributed by atoms with Crippen molar-refractivity contribution in [2.45, 2.75) is 92.6 Å². The number of carbonyl (C=O) groups excluding carboxylic acids is 2. The fourth-order valence-corrected chi connectivity index (χ4v) is 2.80. The molecular formula is C21H41NO6S. The maximum absolute atomic E-state index is 11.7. The van der Waals surface area contributed by atoms with Crippen molar-refractivity contribution in [2.24, 2.45) is 10.8 Å². The topological polar surface area (TPSA) is 98.8 Å². The van der Waals surface area contributed by atoms with Crippen molar-refractivity contribution in [3.05, 3.63) is 0 Å². The summed E-state index contributed by atoms with van der Waals surface area (Å²) in [6.45, 7) is 11.6. The standard InChI is InChI=1S/C12H22O2.C9H19NO4S/c1-4-12(2,3)11(13)14-10-8-6-5-7-9-10;1-5-9(2,3)8(11)14-7-6-10-15(4,12)13/h10H,4-9H2,1-3H3;10H,5-7H2,1-4H3. The lowest BCUT2D eigenvalue weighted by atomic mass is 9.90. The van der Waals surface area contributed by atoms with Crippen molar-refractivity contribution < 1.29 is 27.5 Å². The number of nitrogens with one attached hydrogen (secondary N) is 1. The Morgan fingerprint density at radius 2 is 1.41 bits per heavy atom. The first-order valence-electron chi connectivity index (χ1n) is 10.6. The Morgan fingerprint density at radius 1 is 0.931 bits per heavy atom. The second-order valence-corrected chi connectivity index (χ2v) is 10.8. The third-order valence-corrected chi connectivity index (χ3v) is 6.13. The average molecular weight is 436 g/mol. The molecule has 0 spiro atoms. The molecule has 0 unspecified atom stereocenters. The lowest BCUT2D eigenvalue weighted by Crippen LogP contribution is -2.31. The quantitative estimate of drug-likeness (QED) is 0.437. The predicted octanol–water partition coefficient (Wildman–Crippen LogP) is 3.81. The summed E-state index contributed by atoms with van der Waals surface area (Å²) >= 11 is 0. The van der Waals surface area contributed by atoms with Crippen LogP contribution in [0.5, 0.6) is 0 Å². The van der Waals surface area contributed by atoms with Crippen molar-refractivity contribution in [3.63, 3.8) is 0 Å². The fraction of sp³-hybridized carbons (Fsp3) is 0.905. The molecule has 0 bridgehead atoms. The van der Waals surface area contributed by atoms with Gasteiger partial charge in [-0.05, 0) is 66.2 Å². The Labute approximate surface area is 177 Å². The molecule has 1 saturated carbocycles. The number of rotatable bonds is 9. The maximum atomic E-state index is 11.7. The highest BCUT2D eigenvalue weighted by Gasteiger charge is 2.30. The number of hydrogen-bond acceptors (Lipinski definition) is 6. The lowest BCUT2D eigenvalue weighted by molar-refractivity contribution is -0.161. The average Bonchev–Trinajstić information content (AvgIpc) is 2.65. The van der Waals surface area contributed by atoms with Crippen LogP contribution in [0, 0.1) is 10.8 Å². The largest absolute Gasteiger partial charge is 0.464 e. The molecule has 0 atom stereocenters. The fourth-order valence-electron chi connectivity index (χ4n) is 2.35. The minimum absolute atomic E-state index is 0.0214. The summed E-state index contributed by atoms with van der Waals surface area (Å²) in [4.78, 5) is 23.2. The first-order valence-corrected chi connectivity index (χ1v) is 12.5. The van der Waals surface area contributed by atoms with Crippen LogP contribution in [0.1, 0.15) is 86.5 Å². The van der Waals surface area contributed by atoms with Crippen LogP contribution in [0.25, 0.3) is 0 Å². The molecule has 0 aromatic heterocycles. The van der Waals surface area contributed by atoms with Crippen molar-refractivity contribution >= 4 is 22.0 Å². The molecule has 7 nitrogen and oxygen atoms in total. The van der Waals surface area contributed by atoms with Crippen LogP contribution in [-0.4, -0.2) is 45.9 Å². The van der Waals surface area contributed by atoms with E-state index in [1.54, 1.807) is 13.8 Å². The van der Waals surface area contributed by atoms with E-state index in [0.29, 0.717) is 6.42 Å². The van der Waals surface area contributed by atoms with Crippen molar-refractivity contribution in [1.82, 2.24) is 4.72 Å². The van der Waals surface area contributed by atoms with Crippen molar-refractivity contribution in [2.75, 3.05) is 19.4 Å². The van der Waals surface area contributed by atoms with Gasteiger partial charge >= 0.3 is 11.9 Å². The zero-order valence-corrected chi connectivity index (χ0v) is 20.1. The molecule has 0 heterocycles. The van der Waals surface area contributed by atoms with Gasteiger partial charge < -0.3 is 9.47 Å². The summed E-state index contributed by atoms with van der Waals surface area (Å²) in [6, 6.07) is 0. The van der Waals surface area contributed by atoms with Crippen LogP contribution in [0.4, 0.5) is 0 Å². The van der Waals surface area contributed by atoms with Gasteiger partial charge in [-0.1, -0.05) is 20.3 Å². The van der Waals surface area contributed by atoms with Crippen LogP contribution in [-0.2, 0) is 29.1 Å². The van der Waals surface area contributed by atoms with Gasteiger partial charge in [-0.2, -0.15) is 0 Å². The number of esters is 2. The molecule has 8 heteroatoms. The van der Waals surface area contributed by atoms with Gasteiger partial charge in [0.1, 0.15) is 12.7 Å². The van der Waals surface area contributed by atoms with Gasteiger partial charge in [-0.15, -0.1) is 0 Å². The highest BCUT2D eigenvalue weighted by molar-refractivity contribution is 7.88. The summed E-state index contributed by atoms with van der Waals surface area (Å²) in [5.41, 5.74) is -0.817. The first-order chi connectivity index (χ1) is 13.2. The first kappa shape index (κ1) is 27.8. The zero-order chi connectivity index (χ0) is 22.7. The van der Waals surface area contributed by atoms with Crippen LogP contribution in [0.15, 0.2) is 0 Å². The predicted molar refractivity (Wildman–Crippen MR) is 115 cm³/mol. The van der Waals surface area contributed by atoms with E-state index in [-0.39, 0.29) is 36.6 Å². The molecular weight excluding hydrogens is 394 g/mol. The molecule has 0 amide bonds. The zero-order valence-electron chi connectivity index (χ0n) is 19.3. The van der Waals surface area contributed by atoms with E-state index >= 15 is 0 Å². The smallest absolute Gasteiger partial charge is 0.311 e. The van der Waals surface area contributed by atoms with Crippen LogP contribution < -0.4 is 4.72 Å². The lowest BCUT2D eigenvalue weighted by Gasteiger charge is -2.27. The number of hydrogen-bond donors (Lipinski definition) is 1. The molecule has 0 aromatic carbocycles. The van der Waals surface area contributed by atoms with Gasteiger partial charge in [-0.3, -0.25) is 9.59 Å². The summed E-state index contributed by atoms with van der Waals surface area (Å²) in [5, 5.41) is 0. The second kappa shape index (κ2) is 12.5. The Morgan fingerprint density at radius 3 is 1.86 bits per heavy atom. The summed E-state index contributed by atoms with van der Waals surface area (Å²) < 4.78 is 34.0. The molecule has 1 rings (SSSR count). The highest BCUT2D eigenvalue weighted by Crippen LogP contribution is 2.26. The van der Waals surface area contributed by atoms with Crippen molar-refractivity contribution in [1.29, 1.82) is 0 Å². The van der Waals surface area contributed by atoms with Gasteiger partial charge in [0, 0.05) is 6.54 Å². The summed E-state index contributed by atoms with van der Waals surface area (Å²) in [6.07, 6.45) is 8.63. The Hall–Kier alpha value is -1.15. The van der Waals surface area contributed by atoms with E-state index in [1.165, 1.54) is 19.3 Å². The number of carbonyl (C=O) groups is 2. The van der Waals surface area contributed by atoms with Gasteiger partial charge in [0.25, 0.3) is 0 Å². The molecule has 1 aliphatic carbocycles. The van der Waals surface area contributed by atoms with Crippen molar-refractivity contribution in [3.8, 4) is 0 Å². The Bertz CT molecular complexity index is 607. The second-order valence-electron chi connectivity index (χ2n) is 8.94. The molecule has 0 radical (unpaired) electrons. The SMILES string of the molecule is CCC(C)(C)C(=O)OC1CCCCC1.CCC(C)(C)C(=O)OCCNS(C)(=O)=O. The summed E-state index contributed by atoms with van der Waals surface area (Å²) in [5.74, 6) is -0.327. The highest BCUT2D eigenvalue weighted by atomic mass is 32.2. The van der Waals surface area contributed by atoms with Gasteiger partial charge in [0.2, 0.25) is 10.0 Å². The van der Waals surface area contributed by atoms with E-state index < -0.39 is 15.4 Å². The normalized spacial score (nSPS) is 15.8. The molecule has 29 heavy (non-hydrogen) atoms. The maximum Gasteiger partial charge on any atom is 0.311 e. The van der Waals surface area contributed by atoms with Gasteiger partial charge in [0.05, 0.1) is 17.1 Å². The monoisotopic (exact) mass is 435 g/mol. The number of sulfonamides is 1. The van der Waals surface area contributed by atoms with E-state index in [2.05, 4.69) is 4.72 Å².